The molecule has 0 saturated carbocycles. The lowest BCUT2D eigenvalue weighted by Gasteiger charge is -2.36. The van der Waals surface area contributed by atoms with Gasteiger partial charge in [-0.3, -0.25) is 4.79 Å². The van der Waals surface area contributed by atoms with Gasteiger partial charge >= 0.3 is 0 Å². The van der Waals surface area contributed by atoms with Gasteiger partial charge < -0.3 is 4.90 Å². The van der Waals surface area contributed by atoms with E-state index in [0.717, 1.165) is 11.1 Å². The minimum Gasteiger partial charge on any atom is -0.357 e. The Morgan fingerprint density at radius 1 is 1.03 bits per heavy atom. The molecule has 150 valence electrons. The topological polar surface area (TPSA) is 67.9 Å². The van der Waals surface area contributed by atoms with Gasteiger partial charge in [0.05, 0.1) is 24.2 Å². The van der Waals surface area contributed by atoms with Crippen molar-refractivity contribution >= 4 is 11.9 Å². The van der Waals surface area contributed by atoms with Crippen molar-refractivity contribution in [2.75, 3.05) is 0 Å². The highest BCUT2D eigenvalue weighted by atomic mass is 19.1. The van der Waals surface area contributed by atoms with Crippen LogP contribution in [0.4, 0.5) is 4.39 Å². The third kappa shape index (κ3) is 2.66. The van der Waals surface area contributed by atoms with Crippen molar-refractivity contribution in [1.82, 2.24) is 4.90 Å². The Morgan fingerprint density at radius 3 is 2.23 bits per heavy atom. The number of nitrogens with zero attached hydrogens (tertiary/aromatic N) is 3. The third-order valence-corrected chi connectivity index (χ3v) is 6.19. The van der Waals surface area contributed by atoms with Crippen LogP contribution in [0.5, 0.6) is 0 Å². The first-order chi connectivity index (χ1) is 14.3. The Morgan fingerprint density at radius 2 is 1.63 bits per heavy atom. The predicted octanol–water partition coefficient (Wildman–Crippen LogP) is 4.97. The summed E-state index contributed by atoms with van der Waals surface area (Å²) in [6.07, 6.45) is 3.67. The van der Waals surface area contributed by atoms with Crippen LogP contribution in [0, 0.1) is 39.3 Å². The number of Topliss-reactive ketones (excluding diaryl/α,β-unsaturated/α-hetero) is 1. The first kappa shape index (κ1) is 19.9. The van der Waals surface area contributed by atoms with Crippen molar-refractivity contribution in [2.24, 2.45) is 10.8 Å². The van der Waals surface area contributed by atoms with Gasteiger partial charge in [-0.25, -0.2) is 4.39 Å². The fourth-order valence-electron chi connectivity index (χ4n) is 4.81. The molecule has 1 fully saturated rings. The molecule has 2 aromatic rings. The summed E-state index contributed by atoms with van der Waals surface area (Å²) in [4.78, 5) is 15.4. The van der Waals surface area contributed by atoms with E-state index in [2.05, 4.69) is 12.1 Å². The largest absolute Gasteiger partial charge is 0.357 e. The van der Waals surface area contributed by atoms with Crippen LogP contribution in [-0.4, -0.2) is 16.7 Å². The number of nitriles is 2. The van der Waals surface area contributed by atoms with Gasteiger partial charge in [0.2, 0.25) is 0 Å². The molecule has 2 aliphatic rings. The zero-order chi connectivity index (χ0) is 21.7. The van der Waals surface area contributed by atoms with Crippen molar-refractivity contribution in [2.45, 2.75) is 38.8 Å². The lowest BCUT2D eigenvalue weighted by atomic mass is 9.66. The number of ketones is 1. The fraction of sp³-hybridized carbons (Fsp3) is 0.320. The monoisotopic (exact) mass is 399 g/mol. The summed E-state index contributed by atoms with van der Waals surface area (Å²) < 4.78 is 15.0. The first-order valence-corrected chi connectivity index (χ1v) is 9.92. The number of benzene rings is 2. The molecule has 0 spiro atoms. The van der Waals surface area contributed by atoms with E-state index in [1.807, 2.05) is 51.1 Å². The van der Waals surface area contributed by atoms with Crippen molar-refractivity contribution in [3.63, 3.8) is 0 Å². The Balaban J connectivity index is 2.05. The molecular weight excluding hydrogens is 377 g/mol. The smallest absolute Gasteiger partial charge is 0.177 e. The molecule has 0 bridgehead atoms. The van der Waals surface area contributed by atoms with Crippen LogP contribution in [0.25, 0.3) is 6.08 Å². The molecule has 2 heterocycles. The highest BCUT2D eigenvalue weighted by Crippen LogP contribution is 2.60. The van der Waals surface area contributed by atoms with Gasteiger partial charge in [0.15, 0.2) is 11.2 Å². The summed E-state index contributed by atoms with van der Waals surface area (Å²) in [5.41, 5.74) is -0.444. The standard InChI is InChI=1S/C25H22FN3O/c1-24(2,3)23(30)21-20(18-10-6-7-11-19(18)26)25(14-27,15-28)22-17-9-5-4-8-16(17)12-13-29(21)22/h4-13,20-22H,1-3H3. The van der Waals surface area contributed by atoms with E-state index in [0.29, 0.717) is 0 Å². The zero-order valence-electron chi connectivity index (χ0n) is 17.1. The quantitative estimate of drug-likeness (QED) is 0.715. The van der Waals surface area contributed by atoms with Gasteiger partial charge in [0.1, 0.15) is 5.82 Å². The maximum Gasteiger partial charge on any atom is 0.177 e. The van der Waals surface area contributed by atoms with Crippen LogP contribution in [0.1, 0.15) is 49.4 Å². The molecule has 2 aliphatic heterocycles. The Hall–Kier alpha value is -3.44. The van der Waals surface area contributed by atoms with Gasteiger partial charge in [-0.1, -0.05) is 63.2 Å². The molecule has 0 radical (unpaired) electrons. The van der Waals surface area contributed by atoms with Crippen LogP contribution in [0.2, 0.25) is 0 Å². The number of hydrogen-bond donors (Lipinski definition) is 0. The number of carbonyl (C=O) groups is 1. The second-order valence-corrected chi connectivity index (χ2v) is 8.95. The molecule has 4 rings (SSSR count). The molecule has 3 unspecified atom stereocenters. The van der Waals surface area contributed by atoms with E-state index in [4.69, 9.17) is 0 Å². The molecule has 0 aromatic heterocycles. The minimum atomic E-state index is -1.63. The summed E-state index contributed by atoms with van der Waals surface area (Å²) in [5.74, 6) is -1.57. The van der Waals surface area contributed by atoms with E-state index >= 15 is 0 Å². The van der Waals surface area contributed by atoms with Crippen molar-refractivity contribution in [1.29, 1.82) is 10.5 Å². The number of fused-ring (bicyclic) bond motifs is 3. The van der Waals surface area contributed by atoms with Gasteiger partial charge in [0.25, 0.3) is 0 Å². The summed E-state index contributed by atoms with van der Waals surface area (Å²) in [7, 11) is 0. The van der Waals surface area contributed by atoms with Crippen molar-refractivity contribution in [3.8, 4) is 12.1 Å². The lowest BCUT2D eigenvalue weighted by Crippen LogP contribution is -2.43. The second-order valence-electron chi connectivity index (χ2n) is 8.95. The van der Waals surface area contributed by atoms with Gasteiger partial charge in [-0.15, -0.1) is 0 Å². The van der Waals surface area contributed by atoms with Gasteiger partial charge in [0, 0.05) is 17.5 Å². The summed E-state index contributed by atoms with van der Waals surface area (Å²) in [6, 6.07) is 16.6. The van der Waals surface area contributed by atoms with E-state index in [1.165, 1.54) is 6.07 Å². The highest BCUT2D eigenvalue weighted by Gasteiger charge is 2.65. The van der Waals surface area contributed by atoms with Crippen LogP contribution in [0.3, 0.4) is 0 Å². The number of carbonyl (C=O) groups excluding carboxylic acids is 1. The Bertz CT molecular complexity index is 1120. The van der Waals surface area contributed by atoms with E-state index in [-0.39, 0.29) is 11.3 Å². The first-order valence-electron chi connectivity index (χ1n) is 9.92. The average molecular weight is 399 g/mol. The normalized spacial score (nSPS) is 23.8. The molecule has 0 N–H and O–H groups in total. The van der Waals surface area contributed by atoms with E-state index < -0.39 is 34.6 Å². The van der Waals surface area contributed by atoms with Crippen LogP contribution in [0.15, 0.2) is 54.7 Å². The summed E-state index contributed by atoms with van der Waals surface area (Å²) in [5, 5.41) is 20.7. The van der Waals surface area contributed by atoms with Gasteiger partial charge in [-0.05, 0) is 28.8 Å². The minimum absolute atomic E-state index is 0.128. The molecule has 1 saturated heterocycles. The predicted molar refractivity (Wildman–Crippen MR) is 111 cm³/mol. The maximum absolute atomic E-state index is 15.0. The molecule has 5 heteroatoms. The molecule has 4 nitrogen and oxygen atoms in total. The Kier molecular flexibility index (Phi) is 4.51. The van der Waals surface area contributed by atoms with Crippen LogP contribution in [-0.2, 0) is 4.79 Å². The van der Waals surface area contributed by atoms with Crippen molar-refractivity contribution < 1.29 is 9.18 Å². The molecule has 2 aromatic carbocycles. The Labute approximate surface area is 175 Å². The van der Waals surface area contributed by atoms with Crippen LogP contribution < -0.4 is 0 Å². The maximum atomic E-state index is 15.0. The highest BCUT2D eigenvalue weighted by molar-refractivity contribution is 5.91. The summed E-state index contributed by atoms with van der Waals surface area (Å²) >= 11 is 0. The fourth-order valence-corrected chi connectivity index (χ4v) is 4.81. The van der Waals surface area contributed by atoms with Crippen molar-refractivity contribution in [3.05, 3.63) is 77.2 Å². The van der Waals surface area contributed by atoms with Gasteiger partial charge in [-0.2, -0.15) is 10.5 Å². The molecule has 0 amide bonds. The number of halogens is 1. The number of rotatable bonds is 2. The third-order valence-electron chi connectivity index (χ3n) is 6.19. The van der Waals surface area contributed by atoms with E-state index in [9.17, 15) is 19.7 Å². The SMILES string of the molecule is CC(C)(C)C(=O)C1C(c2ccccc2F)C(C#N)(C#N)C2c3ccccc3C=CN12. The molecule has 0 aliphatic carbocycles. The average Bonchev–Trinajstić information content (AvgIpc) is 3.03. The number of hydrogen-bond acceptors (Lipinski definition) is 4. The second kappa shape index (κ2) is 6.82. The van der Waals surface area contributed by atoms with Crippen LogP contribution >= 0.6 is 0 Å². The molecule has 30 heavy (non-hydrogen) atoms. The molecule has 3 atom stereocenters. The lowest BCUT2D eigenvalue weighted by molar-refractivity contribution is -0.130. The zero-order valence-corrected chi connectivity index (χ0v) is 17.1. The summed E-state index contributed by atoms with van der Waals surface area (Å²) in [6.45, 7) is 5.43. The molecular formula is C25H22FN3O. The van der Waals surface area contributed by atoms with E-state index in [1.54, 1.807) is 29.3 Å².